The molecule has 2 nitrogen and oxygen atoms in total. The van der Waals surface area contributed by atoms with E-state index in [1.807, 2.05) is 18.2 Å². The maximum absolute atomic E-state index is 12.0. The minimum Gasteiger partial charge on any atom is -0.326 e. The normalized spacial score (nSPS) is 10.3. The average molecular weight is 267 g/mol. The zero-order chi connectivity index (χ0) is 14.4. The third-order valence-corrected chi connectivity index (χ3v) is 3.43. The zero-order valence-electron chi connectivity index (χ0n) is 12.1. The van der Waals surface area contributed by atoms with Crippen LogP contribution in [0.25, 0.3) is 0 Å². The number of carbonyl (C=O) groups excluding carboxylic acids is 1. The van der Waals surface area contributed by atoms with Crippen LogP contribution in [0.4, 0.5) is 5.69 Å². The molecule has 0 bridgehead atoms. The number of hydrogen-bond donors (Lipinski definition) is 1. The molecule has 0 fully saturated rings. The summed E-state index contributed by atoms with van der Waals surface area (Å²) >= 11 is 0. The molecule has 2 heteroatoms. The van der Waals surface area contributed by atoms with E-state index in [0.29, 0.717) is 6.42 Å². The van der Waals surface area contributed by atoms with Crippen molar-refractivity contribution >= 4 is 11.6 Å². The van der Waals surface area contributed by atoms with Gasteiger partial charge in [0.05, 0.1) is 0 Å². The highest BCUT2D eigenvalue weighted by Crippen LogP contribution is 2.16. The molecule has 1 amide bonds. The largest absolute Gasteiger partial charge is 0.326 e. The molecular formula is C18H21NO. The molecule has 2 rings (SSSR count). The molecular weight excluding hydrogens is 246 g/mol. The van der Waals surface area contributed by atoms with Crippen molar-refractivity contribution in [1.29, 1.82) is 0 Å². The van der Waals surface area contributed by atoms with E-state index in [1.165, 1.54) is 16.7 Å². The van der Waals surface area contributed by atoms with Crippen LogP contribution >= 0.6 is 0 Å². The van der Waals surface area contributed by atoms with Crippen LogP contribution in [0, 0.1) is 6.92 Å². The van der Waals surface area contributed by atoms with E-state index in [-0.39, 0.29) is 5.91 Å². The number of anilines is 1. The van der Waals surface area contributed by atoms with Gasteiger partial charge in [-0.15, -0.1) is 0 Å². The first-order valence-corrected chi connectivity index (χ1v) is 7.12. The lowest BCUT2D eigenvalue weighted by molar-refractivity contribution is -0.116. The molecule has 104 valence electrons. The van der Waals surface area contributed by atoms with E-state index in [4.69, 9.17) is 0 Å². The maximum Gasteiger partial charge on any atom is 0.224 e. The number of amides is 1. The van der Waals surface area contributed by atoms with E-state index in [9.17, 15) is 4.79 Å². The fourth-order valence-corrected chi connectivity index (χ4v) is 2.18. The molecule has 20 heavy (non-hydrogen) atoms. The molecule has 0 radical (unpaired) electrons. The van der Waals surface area contributed by atoms with Crippen molar-refractivity contribution < 1.29 is 4.79 Å². The summed E-state index contributed by atoms with van der Waals surface area (Å²) in [6.07, 6.45) is 2.22. The van der Waals surface area contributed by atoms with Crippen molar-refractivity contribution in [3.05, 3.63) is 65.2 Å². The van der Waals surface area contributed by atoms with E-state index in [2.05, 4.69) is 49.5 Å². The van der Waals surface area contributed by atoms with Crippen LogP contribution < -0.4 is 5.32 Å². The van der Waals surface area contributed by atoms with Crippen LogP contribution in [0.1, 0.15) is 30.0 Å². The summed E-state index contributed by atoms with van der Waals surface area (Å²) in [6, 6.07) is 16.3. The molecule has 0 saturated heterocycles. The van der Waals surface area contributed by atoms with E-state index in [0.717, 1.165) is 18.5 Å². The third-order valence-electron chi connectivity index (χ3n) is 3.43. The number of hydrogen-bond acceptors (Lipinski definition) is 1. The molecule has 0 atom stereocenters. The molecule has 0 aliphatic carbocycles. The highest BCUT2D eigenvalue weighted by atomic mass is 16.1. The van der Waals surface area contributed by atoms with Crippen molar-refractivity contribution in [2.24, 2.45) is 0 Å². The molecule has 2 aromatic carbocycles. The number of carbonyl (C=O) groups is 1. The molecule has 1 N–H and O–H groups in total. The number of benzene rings is 2. The predicted octanol–water partition coefficient (Wildman–Crippen LogP) is 4.13. The van der Waals surface area contributed by atoms with Gasteiger partial charge >= 0.3 is 0 Å². The predicted molar refractivity (Wildman–Crippen MR) is 83.9 cm³/mol. The smallest absolute Gasteiger partial charge is 0.224 e. The van der Waals surface area contributed by atoms with Gasteiger partial charge in [0.25, 0.3) is 0 Å². The van der Waals surface area contributed by atoms with Gasteiger partial charge in [-0.3, -0.25) is 4.79 Å². The van der Waals surface area contributed by atoms with Crippen LogP contribution in [-0.4, -0.2) is 5.91 Å². The molecule has 0 aliphatic heterocycles. The van der Waals surface area contributed by atoms with Crippen LogP contribution in [0.2, 0.25) is 0 Å². The van der Waals surface area contributed by atoms with Crippen molar-refractivity contribution in [2.75, 3.05) is 5.32 Å². The Labute approximate surface area is 120 Å². The van der Waals surface area contributed by atoms with Crippen LogP contribution in [0.3, 0.4) is 0 Å². The Balaban J connectivity index is 1.91. The van der Waals surface area contributed by atoms with Crippen LogP contribution in [0.15, 0.2) is 48.5 Å². The summed E-state index contributed by atoms with van der Waals surface area (Å²) in [6.45, 7) is 4.16. The standard InChI is InChI=1S/C18H21NO/c1-3-16-6-4-5-7-17(16)19-18(20)13-12-15-10-8-14(2)9-11-15/h4-11H,3,12-13H2,1-2H3,(H,19,20). The summed E-state index contributed by atoms with van der Waals surface area (Å²) < 4.78 is 0. The summed E-state index contributed by atoms with van der Waals surface area (Å²) in [7, 11) is 0. The molecule has 0 unspecified atom stereocenters. The highest BCUT2D eigenvalue weighted by Gasteiger charge is 2.05. The number of aryl methyl sites for hydroxylation is 3. The lowest BCUT2D eigenvalue weighted by Crippen LogP contribution is -2.13. The zero-order valence-corrected chi connectivity index (χ0v) is 12.1. The highest BCUT2D eigenvalue weighted by molar-refractivity contribution is 5.91. The molecule has 0 aliphatic rings. The van der Waals surface area contributed by atoms with E-state index >= 15 is 0 Å². The topological polar surface area (TPSA) is 29.1 Å². The number of para-hydroxylation sites is 1. The van der Waals surface area contributed by atoms with E-state index in [1.54, 1.807) is 0 Å². The molecule has 0 aromatic heterocycles. The quantitative estimate of drug-likeness (QED) is 0.867. The Bertz CT molecular complexity index is 572. The molecule has 0 saturated carbocycles. The summed E-state index contributed by atoms with van der Waals surface area (Å²) in [5, 5.41) is 3.00. The number of rotatable bonds is 5. The van der Waals surface area contributed by atoms with Gasteiger partial charge in [-0.25, -0.2) is 0 Å². The first-order chi connectivity index (χ1) is 9.69. The van der Waals surface area contributed by atoms with Gasteiger partial charge in [-0.2, -0.15) is 0 Å². The summed E-state index contributed by atoms with van der Waals surface area (Å²) in [4.78, 5) is 12.0. The first-order valence-electron chi connectivity index (χ1n) is 7.12. The van der Waals surface area contributed by atoms with Crippen LogP contribution in [0.5, 0.6) is 0 Å². The van der Waals surface area contributed by atoms with Gasteiger partial charge in [0.2, 0.25) is 5.91 Å². The monoisotopic (exact) mass is 267 g/mol. The summed E-state index contributed by atoms with van der Waals surface area (Å²) in [5.41, 5.74) is 4.56. The van der Waals surface area contributed by atoms with Gasteiger partial charge in [0.15, 0.2) is 0 Å². The van der Waals surface area contributed by atoms with Gasteiger partial charge in [0.1, 0.15) is 0 Å². The van der Waals surface area contributed by atoms with Gasteiger partial charge < -0.3 is 5.32 Å². The Kier molecular flexibility index (Phi) is 4.94. The second kappa shape index (κ2) is 6.90. The lowest BCUT2D eigenvalue weighted by atomic mass is 10.1. The Morgan fingerprint density at radius 2 is 1.75 bits per heavy atom. The molecule has 0 heterocycles. The Morgan fingerprint density at radius 1 is 1.05 bits per heavy atom. The second-order valence-electron chi connectivity index (χ2n) is 5.04. The number of nitrogens with one attached hydrogen (secondary N) is 1. The fraction of sp³-hybridized carbons (Fsp3) is 0.278. The SMILES string of the molecule is CCc1ccccc1NC(=O)CCc1ccc(C)cc1. The van der Waals surface area contributed by atoms with Gasteiger partial charge in [-0.05, 0) is 37.0 Å². The van der Waals surface area contributed by atoms with Crippen molar-refractivity contribution in [1.82, 2.24) is 0 Å². The van der Waals surface area contributed by atoms with Crippen molar-refractivity contribution in [2.45, 2.75) is 33.1 Å². The molecule has 0 spiro atoms. The molecule has 2 aromatic rings. The van der Waals surface area contributed by atoms with Gasteiger partial charge in [-0.1, -0.05) is 55.0 Å². The second-order valence-corrected chi connectivity index (χ2v) is 5.04. The average Bonchev–Trinajstić information content (AvgIpc) is 2.47. The fourth-order valence-electron chi connectivity index (χ4n) is 2.18. The maximum atomic E-state index is 12.0. The van der Waals surface area contributed by atoms with Crippen molar-refractivity contribution in [3.8, 4) is 0 Å². The van der Waals surface area contributed by atoms with Crippen LogP contribution in [-0.2, 0) is 17.6 Å². The van der Waals surface area contributed by atoms with Crippen molar-refractivity contribution in [3.63, 3.8) is 0 Å². The van der Waals surface area contributed by atoms with E-state index < -0.39 is 0 Å². The lowest BCUT2D eigenvalue weighted by Gasteiger charge is -2.09. The minimum absolute atomic E-state index is 0.0754. The Hall–Kier alpha value is -2.09. The summed E-state index contributed by atoms with van der Waals surface area (Å²) in [5.74, 6) is 0.0754. The third kappa shape index (κ3) is 3.95. The minimum atomic E-state index is 0.0754. The van der Waals surface area contributed by atoms with Gasteiger partial charge in [0, 0.05) is 12.1 Å². The first kappa shape index (κ1) is 14.3. The Morgan fingerprint density at radius 3 is 2.45 bits per heavy atom.